The summed E-state index contributed by atoms with van der Waals surface area (Å²) in [6.45, 7) is 1.99. The second kappa shape index (κ2) is 7.17. The molecule has 0 atom stereocenters. The number of amides is 2. The van der Waals surface area contributed by atoms with Crippen molar-refractivity contribution < 1.29 is 14.0 Å². The Bertz CT molecular complexity index is 702. The average molecular weight is 365 g/mol. The van der Waals surface area contributed by atoms with Crippen LogP contribution in [0.2, 0.25) is 0 Å². The first-order valence-corrected chi connectivity index (χ1v) is 7.35. The molecule has 22 heavy (non-hydrogen) atoms. The van der Waals surface area contributed by atoms with Crippen molar-refractivity contribution in [1.82, 2.24) is 5.32 Å². The zero-order chi connectivity index (χ0) is 16.1. The van der Waals surface area contributed by atoms with Crippen LogP contribution in [0.3, 0.4) is 0 Å². The minimum Gasteiger partial charge on any atom is -0.344 e. The Kier molecular flexibility index (Phi) is 5.27. The van der Waals surface area contributed by atoms with Crippen molar-refractivity contribution >= 4 is 33.4 Å². The van der Waals surface area contributed by atoms with Gasteiger partial charge in [-0.25, -0.2) is 4.39 Å². The van der Waals surface area contributed by atoms with E-state index in [0.29, 0.717) is 11.3 Å². The van der Waals surface area contributed by atoms with E-state index >= 15 is 0 Å². The van der Waals surface area contributed by atoms with Crippen molar-refractivity contribution in [3.05, 3.63) is 63.9 Å². The molecule has 0 fully saturated rings. The Labute approximate surface area is 135 Å². The number of halogens is 2. The van der Waals surface area contributed by atoms with Gasteiger partial charge in [0.1, 0.15) is 5.82 Å². The molecule has 0 aliphatic heterocycles. The second-order valence-corrected chi connectivity index (χ2v) is 5.64. The smallest absolute Gasteiger partial charge is 0.313 e. The average Bonchev–Trinajstić information content (AvgIpc) is 2.49. The summed E-state index contributed by atoms with van der Waals surface area (Å²) in [5.74, 6) is -1.84. The van der Waals surface area contributed by atoms with Crippen LogP contribution < -0.4 is 10.6 Å². The number of benzene rings is 2. The van der Waals surface area contributed by atoms with Gasteiger partial charge < -0.3 is 10.6 Å². The fourth-order valence-corrected chi connectivity index (χ4v) is 2.29. The minimum atomic E-state index is -0.744. The first-order chi connectivity index (χ1) is 10.5. The predicted molar refractivity (Wildman–Crippen MR) is 85.8 cm³/mol. The fourth-order valence-electron chi connectivity index (χ4n) is 1.81. The van der Waals surface area contributed by atoms with Crippen molar-refractivity contribution in [1.29, 1.82) is 0 Å². The van der Waals surface area contributed by atoms with Gasteiger partial charge in [-0.15, -0.1) is 0 Å². The minimum absolute atomic E-state index is 0.159. The standard InChI is InChI=1S/C16H14BrFN2O2/c1-10-8-12(17)4-7-14(10)20-16(22)15(21)19-9-11-2-5-13(18)6-3-11/h2-8H,9H2,1H3,(H,19,21)(H,20,22). The van der Waals surface area contributed by atoms with Crippen molar-refractivity contribution in [2.75, 3.05) is 5.32 Å². The van der Waals surface area contributed by atoms with Crippen LogP contribution in [0.25, 0.3) is 0 Å². The van der Waals surface area contributed by atoms with Gasteiger partial charge in [-0.1, -0.05) is 28.1 Å². The van der Waals surface area contributed by atoms with Gasteiger partial charge in [0.15, 0.2) is 0 Å². The number of nitrogens with one attached hydrogen (secondary N) is 2. The molecule has 2 amide bonds. The van der Waals surface area contributed by atoms with E-state index in [1.165, 1.54) is 12.1 Å². The normalized spacial score (nSPS) is 10.1. The molecule has 0 unspecified atom stereocenters. The van der Waals surface area contributed by atoms with E-state index in [-0.39, 0.29) is 12.4 Å². The van der Waals surface area contributed by atoms with Gasteiger partial charge in [-0.3, -0.25) is 9.59 Å². The lowest BCUT2D eigenvalue weighted by molar-refractivity contribution is -0.136. The summed E-state index contributed by atoms with van der Waals surface area (Å²) in [6, 6.07) is 11.0. The van der Waals surface area contributed by atoms with Crippen LogP contribution in [0.4, 0.5) is 10.1 Å². The van der Waals surface area contributed by atoms with Crippen LogP contribution >= 0.6 is 15.9 Å². The quantitative estimate of drug-likeness (QED) is 0.821. The van der Waals surface area contributed by atoms with E-state index in [0.717, 1.165) is 10.0 Å². The van der Waals surface area contributed by atoms with Gasteiger partial charge >= 0.3 is 11.8 Å². The molecule has 0 saturated carbocycles. The van der Waals surface area contributed by atoms with E-state index in [1.54, 1.807) is 24.3 Å². The number of carbonyl (C=O) groups is 2. The topological polar surface area (TPSA) is 58.2 Å². The van der Waals surface area contributed by atoms with Crippen molar-refractivity contribution in [2.45, 2.75) is 13.5 Å². The van der Waals surface area contributed by atoms with Gasteiger partial charge in [-0.05, 0) is 48.4 Å². The first-order valence-electron chi connectivity index (χ1n) is 6.55. The van der Waals surface area contributed by atoms with Crippen LogP contribution in [0.15, 0.2) is 46.9 Å². The van der Waals surface area contributed by atoms with Gasteiger partial charge in [0, 0.05) is 16.7 Å². The van der Waals surface area contributed by atoms with E-state index < -0.39 is 11.8 Å². The van der Waals surface area contributed by atoms with Crippen LogP contribution in [-0.4, -0.2) is 11.8 Å². The number of hydrogen-bond donors (Lipinski definition) is 2. The Morgan fingerprint density at radius 1 is 1.09 bits per heavy atom. The fraction of sp³-hybridized carbons (Fsp3) is 0.125. The van der Waals surface area contributed by atoms with Crippen molar-refractivity contribution in [2.24, 2.45) is 0 Å². The molecule has 4 nitrogen and oxygen atoms in total. The van der Waals surface area contributed by atoms with Crippen LogP contribution in [-0.2, 0) is 16.1 Å². The van der Waals surface area contributed by atoms with E-state index in [1.807, 2.05) is 13.0 Å². The molecule has 0 saturated heterocycles. The summed E-state index contributed by atoms with van der Waals surface area (Å²) in [7, 11) is 0. The molecule has 0 aliphatic rings. The predicted octanol–water partition coefficient (Wildman–Crippen LogP) is 3.15. The molecule has 0 radical (unpaired) electrons. The summed E-state index contributed by atoms with van der Waals surface area (Å²) >= 11 is 3.33. The SMILES string of the molecule is Cc1cc(Br)ccc1NC(=O)C(=O)NCc1ccc(F)cc1. The Morgan fingerprint density at radius 2 is 1.77 bits per heavy atom. The molecule has 2 aromatic rings. The molecular formula is C16H14BrFN2O2. The summed E-state index contributed by atoms with van der Waals surface area (Å²) in [6.07, 6.45) is 0. The number of aryl methyl sites for hydroxylation is 1. The zero-order valence-corrected chi connectivity index (χ0v) is 13.4. The molecule has 0 bridgehead atoms. The number of anilines is 1. The monoisotopic (exact) mass is 364 g/mol. The maximum Gasteiger partial charge on any atom is 0.313 e. The molecule has 114 valence electrons. The highest BCUT2D eigenvalue weighted by atomic mass is 79.9. The number of hydrogen-bond acceptors (Lipinski definition) is 2. The molecule has 0 aromatic heterocycles. The molecular weight excluding hydrogens is 351 g/mol. The third-order valence-corrected chi connectivity index (χ3v) is 3.50. The maximum absolute atomic E-state index is 12.8. The lowest BCUT2D eigenvalue weighted by Gasteiger charge is -2.09. The van der Waals surface area contributed by atoms with E-state index in [9.17, 15) is 14.0 Å². The third-order valence-electron chi connectivity index (χ3n) is 3.01. The highest BCUT2D eigenvalue weighted by molar-refractivity contribution is 9.10. The molecule has 0 spiro atoms. The Balaban J connectivity index is 1.92. The van der Waals surface area contributed by atoms with Crippen molar-refractivity contribution in [3.8, 4) is 0 Å². The van der Waals surface area contributed by atoms with Gasteiger partial charge in [0.05, 0.1) is 0 Å². The van der Waals surface area contributed by atoms with Crippen LogP contribution in [0.1, 0.15) is 11.1 Å². The van der Waals surface area contributed by atoms with E-state index in [2.05, 4.69) is 26.6 Å². The van der Waals surface area contributed by atoms with Crippen LogP contribution in [0.5, 0.6) is 0 Å². The molecule has 2 N–H and O–H groups in total. The summed E-state index contributed by atoms with van der Waals surface area (Å²) in [5.41, 5.74) is 2.13. The molecule has 2 aromatic carbocycles. The first kappa shape index (κ1) is 16.2. The third kappa shape index (κ3) is 4.39. The highest BCUT2D eigenvalue weighted by Gasteiger charge is 2.14. The van der Waals surface area contributed by atoms with E-state index in [4.69, 9.17) is 0 Å². The molecule has 2 rings (SSSR count). The summed E-state index contributed by atoms with van der Waals surface area (Å²) in [5, 5.41) is 5.04. The summed E-state index contributed by atoms with van der Waals surface area (Å²) < 4.78 is 13.7. The van der Waals surface area contributed by atoms with Gasteiger partial charge in [0.25, 0.3) is 0 Å². The summed E-state index contributed by atoms with van der Waals surface area (Å²) in [4.78, 5) is 23.6. The highest BCUT2D eigenvalue weighted by Crippen LogP contribution is 2.19. The Hall–Kier alpha value is -2.21. The lowest BCUT2D eigenvalue weighted by Crippen LogP contribution is -2.35. The molecule has 0 heterocycles. The molecule has 6 heteroatoms. The second-order valence-electron chi connectivity index (χ2n) is 4.72. The van der Waals surface area contributed by atoms with Gasteiger partial charge in [0.2, 0.25) is 0 Å². The maximum atomic E-state index is 12.8. The van der Waals surface area contributed by atoms with Crippen LogP contribution in [0, 0.1) is 12.7 Å². The zero-order valence-electron chi connectivity index (χ0n) is 11.8. The van der Waals surface area contributed by atoms with Gasteiger partial charge in [-0.2, -0.15) is 0 Å². The molecule has 0 aliphatic carbocycles. The van der Waals surface area contributed by atoms with Crippen molar-refractivity contribution in [3.63, 3.8) is 0 Å². The number of rotatable bonds is 3. The largest absolute Gasteiger partial charge is 0.344 e. The Morgan fingerprint density at radius 3 is 2.41 bits per heavy atom. The lowest BCUT2D eigenvalue weighted by atomic mass is 10.2. The number of carbonyl (C=O) groups excluding carboxylic acids is 2.